The minimum absolute atomic E-state index is 0.138. The molecule has 2 heterocycles. The summed E-state index contributed by atoms with van der Waals surface area (Å²) in [5, 5.41) is 0. The molecule has 4 rings (SSSR count). The number of likely N-dealkylation sites (tertiary alicyclic amines) is 1. The summed E-state index contributed by atoms with van der Waals surface area (Å²) < 4.78 is 11.4. The molecule has 0 radical (unpaired) electrons. The molecule has 1 fully saturated rings. The molecule has 0 N–H and O–H groups in total. The molecule has 6 nitrogen and oxygen atoms in total. The monoisotopic (exact) mass is 446 g/mol. The third kappa shape index (κ3) is 6.31. The lowest BCUT2D eigenvalue weighted by molar-refractivity contribution is -0.132. The third-order valence-corrected chi connectivity index (χ3v) is 6.36. The van der Waals surface area contributed by atoms with Crippen molar-refractivity contribution in [1.29, 1.82) is 0 Å². The van der Waals surface area contributed by atoms with Crippen molar-refractivity contribution in [3.8, 4) is 11.5 Å². The maximum absolute atomic E-state index is 12.8. The molecule has 1 atom stereocenters. The van der Waals surface area contributed by atoms with Crippen molar-refractivity contribution in [2.24, 2.45) is 5.92 Å². The van der Waals surface area contributed by atoms with Crippen molar-refractivity contribution >= 4 is 12.2 Å². The normalized spacial score (nSPS) is 15.2. The number of hydrogen-bond donors (Lipinski definition) is 0. The Morgan fingerprint density at radius 2 is 1.82 bits per heavy atom. The number of amides is 1. The van der Waals surface area contributed by atoms with Gasteiger partial charge >= 0.3 is 0 Å². The first-order valence-electron chi connectivity index (χ1n) is 11.7. The lowest BCUT2D eigenvalue weighted by Crippen LogP contribution is -2.40. The van der Waals surface area contributed by atoms with E-state index < -0.39 is 0 Å². The van der Waals surface area contributed by atoms with Crippen LogP contribution in [0.15, 0.2) is 71.5 Å². The van der Waals surface area contributed by atoms with E-state index >= 15 is 0 Å². The Balaban J connectivity index is 1.24. The van der Waals surface area contributed by atoms with Crippen LogP contribution in [0.5, 0.6) is 11.5 Å². The fraction of sp³-hybridized carbons (Fsp3) is 0.370. The van der Waals surface area contributed by atoms with Crippen LogP contribution in [0.4, 0.5) is 0 Å². The molecule has 172 valence electrons. The zero-order chi connectivity index (χ0) is 22.9. The summed E-state index contributed by atoms with van der Waals surface area (Å²) in [4.78, 5) is 29.9. The molecule has 0 spiro atoms. The Hall–Kier alpha value is -3.41. The highest BCUT2D eigenvalue weighted by Crippen LogP contribution is 2.35. The molecule has 1 unspecified atom stereocenters. The van der Waals surface area contributed by atoms with Crippen molar-refractivity contribution in [1.82, 2.24) is 9.88 Å². The minimum atomic E-state index is 0.138. The van der Waals surface area contributed by atoms with Crippen molar-refractivity contribution in [3.05, 3.63) is 78.5 Å². The number of benzene rings is 2. The summed E-state index contributed by atoms with van der Waals surface area (Å²) in [5.74, 6) is 3.01. The van der Waals surface area contributed by atoms with Crippen LogP contribution in [0.1, 0.15) is 49.5 Å². The van der Waals surface area contributed by atoms with Crippen LogP contribution in [-0.4, -0.2) is 35.2 Å². The van der Waals surface area contributed by atoms with E-state index in [2.05, 4.69) is 4.98 Å². The van der Waals surface area contributed by atoms with Gasteiger partial charge in [-0.25, -0.2) is 4.98 Å². The number of aldehydes is 1. The number of aromatic nitrogens is 1. The average Bonchev–Trinajstić information content (AvgIpc) is 3.39. The molecule has 33 heavy (non-hydrogen) atoms. The van der Waals surface area contributed by atoms with E-state index in [9.17, 15) is 9.59 Å². The summed E-state index contributed by atoms with van der Waals surface area (Å²) in [6.45, 7) is 1.48. The largest absolute Gasteiger partial charge is 0.457 e. The number of para-hydroxylation sites is 1. The molecule has 1 aliphatic rings. The van der Waals surface area contributed by atoms with Gasteiger partial charge in [0.1, 0.15) is 24.0 Å². The summed E-state index contributed by atoms with van der Waals surface area (Å²) >= 11 is 0. The number of piperidine rings is 1. The summed E-state index contributed by atoms with van der Waals surface area (Å²) in [5.41, 5.74) is 1.12. The highest BCUT2D eigenvalue weighted by atomic mass is 16.5. The summed E-state index contributed by atoms with van der Waals surface area (Å²) in [6.07, 6.45) is 8.46. The number of ether oxygens (including phenoxy) is 1. The number of rotatable bonds is 10. The number of nitrogens with zero attached hydrogens (tertiary/aromatic N) is 2. The van der Waals surface area contributed by atoms with E-state index in [4.69, 9.17) is 9.15 Å². The average molecular weight is 447 g/mol. The van der Waals surface area contributed by atoms with Gasteiger partial charge < -0.3 is 18.8 Å². The molecule has 0 aliphatic carbocycles. The van der Waals surface area contributed by atoms with Gasteiger partial charge in [-0.3, -0.25) is 4.79 Å². The third-order valence-electron chi connectivity index (χ3n) is 6.36. The Labute approximate surface area is 194 Å². The Bertz CT molecular complexity index is 994. The number of hydrogen-bond acceptors (Lipinski definition) is 5. The molecule has 0 bridgehead atoms. The predicted molar refractivity (Wildman–Crippen MR) is 125 cm³/mol. The molecular weight excluding hydrogens is 416 g/mol. The lowest BCUT2D eigenvalue weighted by atomic mass is 9.81. The van der Waals surface area contributed by atoms with Gasteiger partial charge in [0.05, 0.1) is 6.20 Å². The SMILES string of the molecule is O=CCCC(c1ncco1)C1CCN(C(=O)CCc2ccc(Oc3ccccc3)cc2)CC1. The van der Waals surface area contributed by atoms with Crippen LogP contribution in [0.2, 0.25) is 0 Å². The smallest absolute Gasteiger partial charge is 0.222 e. The maximum atomic E-state index is 12.8. The van der Waals surface area contributed by atoms with E-state index in [1.54, 1.807) is 12.5 Å². The van der Waals surface area contributed by atoms with E-state index in [-0.39, 0.29) is 11.8 Å². The lowest BCUT2D eigenvalue weighted by Gasteiger charge is -2.35. The summed E-state index contributed by atoms with van der Waals surface area (Å²) in [6, 6.07) is 17.6. The van der Waals surface area contributed by atoms with Crippen molar-refractivity contribution in [3.63, 3.8) is 0 Å². The molecular formula is C27H30N2O4. The molecule has 1 saturated heterocycles. The second-order valence-electron chi connectivity index (χ2n) is 8.50. The summed E-state index contributed by atoms with van der Waals surface area (Å²) in [7, 11) is 0. The number of oxazole rings is 1. The zero-order valence-corrected chi connectivity index (χ0v) is 18.8. The predicted octanol–water partition coefficient (Wildman–Crippen LogP) is 5.40. The first-order valence-corrected chi connectivity index (χ1v) is 11.7. The van der Waals surface area contributed by atoms with Gasteiger partial charge in [0.2, 0.25) is 5.91 Å². The van der Waals surface area contributed by atoms with Gasteiger partial charge in [-0.2, -0.15) is 0 Å². The van der Waals surface area contributed by atoms with Gasteiger partial charge in [-0.1, -0.05) is 30.3 Å². The molecule has 2 aromatic carbocycles. The molecule has 1 aromatic heterocycles. The van der Waals surface area contributed by atoms with Gasteiger partial charge in [-0.15, -0.1) is 0 Å². The standard InChI is InChI=1S/C27H30N2O4/c30-19-4-7-25(27-28-16-20-32-27)22-14-17-29(18-15-22)26(31)13-10-21-8-11-24(12-9-21)33-23-5-2-1-3-6-23/h1-3,5-6,8-9,11-12,16,19-20,22,25H,4,7,10,13-15,17-18H2. The highest BCUT2D eigenvalue weighted by Gasteiger charge is 2.31. The van der Waals surface area contributed by atoms with Gasteiger partial charge in [0, 0.05) is 31.8 Å². The zero-order valence-electron chi connectivity index (χ0n) is 18.8. The van der Waals surface area contributed by atoms with E-state index in [1.165, 1.54) is 0 Å². The van der Waals surface area contributed by atoms with E-state index in [0.29, 0.717) is 31.1 Å². The van der Waals surface area contributed by atoms with Crippen LogP contribution < -0.4 is 4.74 Å². The Kier molecular flexibility index (Phi) is 7.90. The highest BCUT2D eigenvalue weighted by molar-refractivity contribution is 5.76. The quantitative estimate of drug-likeness (QED) is 0.390. The minimum Gasteiger partial charge on any atom is -0.457 e. The molecule has 0 saturated carbocycles. The molecule has 1 amide bonds. The van der Waals surface area contributed by atoms with Gasteiger partial charge in [-0.05, 0) is 61.4 Å². The Morgan fingerprint density at radius 3 is 2.48 bits per heavy atom. The van der Waals surface area contributed by atoms with E-state index in [0.717, 1.165) is 55.7 Å². The van der Waals surface area contributed by atoms with Gasteiger partial charge in [0.25, 0.3) is 0 Å². The van der Waals surface area contributed by atoms with Crippen LogP contribution in [0.3, 0.4) is 0 Å². The maximum Gasteiger partial charge on any atom is 0.222 e. The second-order valence-corrected chi connectivity index (χ2v) is 8.50. The molecule has 1 aliphatic heterocycles. The first-order chi connectivity index (χ1) is 16.2. The van der Waals surface area contributed by atoms with Crippen LogP contribution >= 0.6 is 0 Å². The van der Waals surface area contributed by atoms with Crippen molar-refractivity contribution in [2.75, 3.05) is 13.1 Å². The van der Waals surface area contributed by atoms with Crippen molar-refractivity contribution in [2.45, 2.75) is 44.4 Å². The Morgan fingerprint density at radius 1 is 1.09 bits per heavy atom. The fourth-order valence-electron chi connectivity index (χ4n) is 4.54. The number of carbonyl (C=O) groups excluding carboxylic acids is 2. The fourth-order valence-corrected chi connectivity index (χ4v) is 4.54. The van der Waals surface area contributed by atoms with Crippen LogP contribution in [-0.2, 0) is 16.0 Å². The topological polar surface area (TPSA) is 72.6 Å². The van der Waals surface area contributed by atoms with Crippen LogP contribution in [0.25, 0.3) is 0 Å². The molecule has 6 heteroatoms. The van der Waals surface area contributed by atoms with E-state index in [1.807, 2.05) is 59.5 Å². The van der Waals surface area contributed by atoms with Crippen LogP contribution in [0, 0.1) is 5.92 Å². The molecule has 3 aromatic rings. The number of aryl methyl sites for hydroxylation is 1. The van der Waals surface area contributed by atoms with Crippen molar-refractivity contribution < 1.29 is 18.7 Å². The number of carbonyl (C=O) groups is 2. The van der Waals surface area contributed by atoms with Gasteiger partial charge in [0.15, 0.2) is 5.89 Å². The second kappa shape index (κ2) is 11.5. The first kappa shape index (κ1) is 22.8.